The first-order chi connectivity index (χ1) is 9.69. The quantitative estimate of drug-likeness (QED) is 0.822. The van der Waals surface area contributed by atoms with Gasteiger partial charge in [-0.05, 0) is 45.9 Å². The van der Waals surface area contributed by atoms with Crippen molar-refractivity contribution in [3.63, 3.8) is 0 Å². The zero-order valence-corrected chi connectivity index (χ0v) is 12.2. The van der Waals surface area contributed by atoms with E-state index < -0.39 is 5.60 Å². The van der Waals surface area contributed by atoms with E-state index in [1.807, 2.05) is 42.5 Å². The highest BCUT2D eigenvalue weighted by Crippen LogP contribution is 2.49. The summed E-state index contributed by atoms with van der Waals surface area (Å²) < 4.78 is 5.87. The first-order valence-electron chi connectivity index (χ1n) is 6.23. The minimum atomic E-state index is -1.13. The van der Waals surface area contributed by atoms with Crippen LogP contribution >= 0.6 is 21.7 Å². The van der Waals surface area contributed by atoms with E-state index in [4.69, 9.17) is 15.4 Å². The van der Waals surface area contributed by atoms with E-state index in [0.717, 1.165) is 27.0 Å². The largest absolute Gasteiger partial charge is 0.457 e. The van der Waals surface area contributed by atoms with Crippen molar-refractivity contribution in [2.45, 2.75) is 16.9 Å². The number of para-hydroxylation sites is 1. The van der Waals surface area contributed by atoms with Gasteiger partial charge in [0.2, 0.25) is 0 Å². The summed E-state index contributed by atoms with van der Waals surface area (Å²) in [6.45, 7) is 3.76. The number of aliphatic hydroxyl groups is 1. The van der Waals surface area contributed by atoms with Crippen molar-refractivity contribution < 1.29 is 9.84 Å². The van der Waals surface area contributed by atoms with Crippen molar-refractivity contribution in [2.24, 2.45) is 0 Å². The van der Waals surface area contributed by atoms with E-state index in [9.17, 15) is 5.11 Å². The van der Waals surface area contributed by atoms with E-state index in [0.29, 0.717) is 17.9 Å². The predicted octanol–water partition coefficient (Wildman–Crippen LogP) is 4.85. The smallest absolute Gasteiger partial charge is 0.133 e. The number of rotatable bonds is 3. The van der Waals surface area contributed by atoms with Gasteiger partial charge in [0.15, 0.2) is 0 Å². The second kappa shape index (κ2) is 5.17. The normalized spacial score (nSPS) is 19.7. The van der Waals surface area contributed by atoms with Gasteiger partial charge >= 0.3 is 0 Å². The molecule has 1 aliphatic rings. The molecule has 0 fully saturated rings. The molecule has 20 heavy (non-hydrogen) atoms. The molecule has 0 aromatic heterocycles. The molecule has 0 saturated heterocycles. The van der Waals surface area contributed by atoms with E-state index in [1.54, 1.807) is 6.08 Å². The highest BCUT2D eigenvalue weighted by Gasteiger charge is 2.39. The Balaban J connectivity index is 2.24. The highest BCUT2D eigenvalue weighted by atomic mass is 35.7. The van der Waals surface area contributed by atoms with Gasteiger partial charge in [0.1, 0.15) is 17.1 Å². The molecule has 0 spiro atoms. The lowest BCUT2D eigenvalue weighted by Crippen LogP contribution is -2.30. The molecule has 1 aliphatic heterocycles. The molecule has 1 heterocycles. The molecule has 1 N–H and O–H groups in total. The van der Waals surface area contributed by atoms with Crippen LogP contribution in [0.5, 0.6) is 11.5 Å². The molecule has 2 aromatic rings. The SMILES string of the molecule is C=CCC1(O)c2ccccc2Oc2ccc(SCl)cc21. The minimum absolute atomic E-state index is 0.413. The summed E-state index contributed by atoms with van der Waals surface area (Å²) in [5.41, 5.74) is 0.347. The number of halogens is 1. The Labute approximate surface area is 126 Å². The van der Waals surface area contributed by atoms with Crippen LogP contribution in [0, 0.1) is 0 Å². The number of hydrogen-bond donors (Lipinski definition) is 1. The molecule has 4 heteroatoms. The third kappa shape index (κ3) is 2.03. The van der Waals surface area contributed by atoms with Crippen LogP contribution < -0.4 is 4.74 Å². The van der Waals surface area contributed by atoms with Gasteiger partial charge in [-0.1, -0.05) is 24.3 Å². The van der Waals surface area contributed by atoms with Crippen LogP contribution in [-0.2, 0) is 5.60 Å². The fourth-order valence-electron chi connectivity index (χ4n) is 2.56. The molecule has 0 radical (unpaired) electrons. The van der Waals surface area contributed by atoms with Crippen LogP contribution in [-0.4, -0.2) is 5.11 Å². The third-order valence-electron chi connectivity index (χ3n) is 3.48. The average Bonchev–Trinajstić information content (AvgIpc) is 2.48. The zero-order valence-electron chi connectivity index (χ0n) is 10.7. The van der Waals surface area contributed by atoms with Crippen molar-refractivity contribution in [1.82, 2.24) is 0 Å². The van der Waals surface area contributed by atoms with Crippen LogP contribution in [0.1, 0.15) is 17.5 Å². The molecule has 0 aliphatic carbocycles. The molecule has 2 nitrogen and oxygen atoms in total. The molecule has 1 atom stereocenters. The van der Waals surface area contributed by atoms with Crippen molar-refractivity contribution in [1.29, 1.82) is 0 Å². The molecule has 2 aromatic carbocycles. The lowest BCUT2D eigenvalue weighted by Gasteiger charge is -2.35. The minimum Gasteiger partial charge on any atom is -0.457 e. The molecule has 1 unspecified atom stereocenters. The second-order valence-electron chi connectivity index (χ2n) is 4.69. The van der Waals surface area contributed by atoms with E-state index in [-0.39, 0.29) is 0 Å². The standard InChI is InChI=1S/C16H13ClO2S/c1-2-9-16(18)12-5-3-4-6-14(12)19-15-8-7-11(20-17)10-13(15)16/h2-8,10,18H,1,9H2. The predicted molar refractivity (Wildman–Crippen MR) is 82.5 cm³/mol. The van der Waals surface area contributed by atoms with Crippen LogP contribution in [0.25, 0.3) is 0 Å². The lowest BCUT2D eigenvalue weighted by atomic mass is 9.81. The van der Waals surface area contributed by atoms with Gasteiger partial charge in [0.05, 0.1) is 0 Å². The summed E-state index contributed by atoms with van der Waals surface area (Å²) in [7, 11) is 6.94. The van der Waals surface area contributed by atoms with Gasteiger partial charge in [-0.15, -0.1) is 6.58 Å². The van der Waals surface area contributed by atoms with Crippen molar-refractivity contribution >= 4 is 21.7 Å². The molecule has 0 amide bonds. The number of fused-ring (bicyclic) bond motifs is 2. The molecule has 0 saturated carbocycles. The van der Waals surface area contributed by atoms with Gasteiger partial charge in [-0.3, -0.25) is 0 Å². The van der Waals surface area contributed by atoms with Gasteiger partial charge in [0, 0.05) is 22.4 Å². The van der Waals surface area contributed by atoms with Crippen LogP contribution in [0.2, 0.25) is 0 Å². The Morgan fingerprint density at radius 1 is 1.20 bits per heavy atom. The Kier molecular flexibility index (Phi) is 3.50. The first kappa shape index (κ1) is 13.6. The number of hydrogen-bond acceptors (Lipinski definition) is 3. The summed E-state index contributed by atoms with van der Waals surface area (Å²) >= 11 is 0. The summed E-state index contributed by atoms with van der Waals surface area (Å²) in [6, 6.07) is 13.1. The number of benzene rings is 2. The topological polar surface area (TPSA) is 29.5 Å². The van der Waals surface area contributed by atoms with Gasteiger partial charge in [-0.2, -0.15) is 0 Å². The fraction of sp³-hybridized carbons (Fsp3) is 0.125. The second-order valence-corrected chi connectivity index (χ2v) is 5.78. The first-order valence-corrected chi connectivity index (χ1v) is 7.87. The maximum atomic E-state index is 11.2. The Morgan fingerprint density at radius 3 is 2.70 bits per heavy atom. The molecule has 0 bridgehead atoms. The Morgan fingerprint density at radius 2 is 1.95 bits per heavy atom. The summed E-state index contributed by atoms with van der Waals surface area (Å²) in [5.74, 6) is 1.33. The zero-order chi connectivity index (χ0) is 14.2. The monoisotopic (exact) mass is 304 g/mol. The van der Waals surface area contributed by atoms with Crippen LogP contribution in [0.4, 0.5) is 0 Å². The highest BCUT2D eigenvalue weighted by molar-refractivity contribution is 8.21. The van der Waals surface area contributed by atoms with E-state index in [2.05, 4.69) is 6.58 Å². The fourth-order valence-corrected chi connectivity index (χ4v) is 3.13. The molecule has 3 rings (SSSR count). The van der Waals surface area contributed by atoms with Crippen LogP contribution in [0.15, 0.2) is 60.0 Å². The lowest BCUT2D eigenvalue weighted by molar-refractivity contribution is 0.0726. The van der Waals surface area contributed by atoms with Crippen LogP contribution in [0.3, 0.4) is 0 Å². The maximum absolute atomic E-state index is 11.2. The third-order valence-corrected chi connectivity index (χ3v) is 4.44. The van der Waals surface area contributed by atoms with Crippen molar-refractivity contribution in [2.75, 3.05) is 0 Å². The Hall–Kier alpha value is -1.42. The molecular formula is C16H13ClO2S. The van der Waals surface area contributed by atoms with Gasteiger partial charge < -0.3 is 9.84 Å². The maximum Gasteiger partial charge on any atom is 0.133 e. The van der Waals surface area contributed by atoms with Crippen molar-refractivity contribution in [3.8, 4) is 11.5 Å². The molecule has 102 valence electrons. The molecular weight excluding hydrogens is 292 g/mol. The summed E-state index contributed by atoms with van der Waals surface area (Å²) in [5, 5.41) is 11.2. The number of ether oxygens (including phenoxy) is 1. The van der Waals surface area contributed by atoms with E-state index in [1.165, 1.54) is 0 Å². The summed E-state index contributed by atoms with van der Waals surface area (Å²) in [4.78, 5) is 0.871. The van der Waals surface area contributed by atoms with E-state index >= 15 is 0 Å². The van der Waals surface area contributed by atoms with Gasteiger partial charge in [-0.25, -0.2) is 0 Å². The Bertz CT molecular complexity index is 671. The van der Waals surface area contributed by atoms with Crippen molar-refractivity contribution in [3.05, 3.63) is 66.2 Å². The average molecular weight is 305 g/mol. The van der Waals surface area contributed by atoms with Gasteiger partial charge in [0.25, 0.3) is 0 Å². The summed E-state index contributed by atoms with van der Waals surface area (Å²) in [6.07, 6.45) is 2.13.